The van der Waals surface area contributed by atoms with Crippen LogP contribution in [0.3, 0.4) is 0 Å². The summed E-state index contributed by atoms with van der Waals surface area (Å²) < 4.78 is 12.7. The number of hydrogen-bond donors (Lipinski definition) is 0. The largest absolute Gasteiger partial charge is 0.381 e. The van der Waals surface area contributed by atoms with Gasteiger partial charge in [0.2, 0.25) is 0 Å². The van der Waals surface area contributed by atoms with E-state index in [2.05, 4.69) is 5.10 Å². The normalized spacial score (nSPS) is 18.5. The number of rotatable bonds is 5. The molecule has 0 spiro atoms. The van der Waals surface area contributed by atoms with Gasteiger partial charge >= 0.3 is 0 Å². The molecule has 0 aromatic carbocycles. The van der Waals surface area contributed by atoms with Crippen molar-refractivity contribution in [2.75, 3.05) is 20.3 Å². The topological polar surface area (TPSA) is 53.4 Å². The van der Waals surface area contributed by atoms with Gasteiger partial charge in [0.1, 0.15) is 5.60 Å². The van der Waals surface area contributed by atoms with Crippen molar-refractivity contribution in [3.05, 3.63) is 17.5 Å². The zero-order chi connectivity index (χ0) is 13.9. The lowest BCUT2D eigenvalue weighted by Crippen LogP contribution is -2.46. The summed E-state index contributed by atoms with van der Waals surface area (Å²) in [6.07, 6.45) is 1.66. The van der Waals surface area contributed by atoms with E-state index >= 15 is 0 Å². The lowest BCUT2D eigenvalue weighted by atomic mass is 9.87. The molecule has 2 heterocycles. The van der Waals surface area contributed by atoms with Crippen molar-refractivity contribution in [1.29, 1.82) is 0 Å². The molecule has 1 aliphatic heterocycles. The molecule has 1 aromatic heterocycles. The molecular weight excluding hydrogens is 244 g/mol. The lowest BCUT2D eigenvalue weighted by Gasteiger charge is -2.34. The predicted octanol–water partition coefficient (Wildman–Crippen LogP) is 1.52. The fourth-order valence-corrected chi connectivity index (χ4v) is 2.64. The number of Topliss-reactive ketones (excluding diaryl/α,β-unsaturated/α-hetero) is 1. The first-order valence-electron chi connectivity index (χ1n) is 6.81. The Balaban J connectivity index is 2.14. The van der Waals surface area contributed by atoms with Crippen LogP contribution in [0.1, 0.15) is 31.2 Å². The van der Waals surface area contributed by atoms with Crippen LogP contribution in [-0.2, 0) is 27.2 Å². The minimum absolute atomic E-state index is 0.132. The third kappa shape index (κ3) is 2.87. The zero-order valence-corrected chi connectivity index (χ0v) is 11.9. The highest BCUT2D eigenvalue weighted by Crippen LogP contribution is 2.27. The van der Waals surface area contributed by atoms with E-state index in [1.54, 1.807) is 7.11 Å². The molecule has 0 N–H and O–H groups in total. The molecule has 106 valence electrons. The van der Waals surface area contributed by atoms with Crippen molar-refractivity contribution in [1.82, 2.24) is 9.78 Å². The van der Waals surface area contributed by atoms with Gasteiger partial charge in [0, 0.05) is 45.4 Å². The zero-order valence-electron chi connectivity index (χ0n) is 11.9. The number of ketones is 1. The molecular formula is C14H22N2O3. The van der Waals surface area contributed by atoms with Gasteiger partial charge in [0.25, 0.3) is 0 Å². The van der Waals surface area contributed by atoms with Crippen LogP contribution in [0, 0.1) is 6.92 Å². The first-order chi connectivity index (χ1) is 9.11. The molecule has 2 rings (SSSR count). The fraction of sp³-hybridized carbons (Fsp3) is 0.714. The van der Waals surface area contributed by atoms with Gasteiger partial charge < -0.3 is 9.47 Å². The van der Waals surface area contributed by atoms with Crippen molar-refractivity contribution < 1.29 is 14.3 Å². The van der Waals surface area contributed by atoms with Gasteiger partial charge in [-0.3, -0.25) is 9.48 Å². The third-order valence-corrected chi connectivity index (χ3v) is 3.83. The standard InChI is InChI=1S/C14H22N2O3/c1-4-16-12(9-11(2)15-16)10-13(17)14(18-3)5-7-19-8-6-14/h9H,4-8,10H2,1-3H3. The first-order valence-corrected chi connectivity index (χ1v) is 6.81. The average Bonchev–Trinajstić information content (AvgIpc) is 2.79. The Morgan fingerprint density at radius 2 is 2.21 bits per heavy atom. The summed E-state index contributed by atoms with van der Waals surface area (Å²) in [6.45, 7) is 5.93. The second kappa shape index (κ2) is 5.84. The second-order valence-corrected chi connectivity index (χ2v) is 5.00. The number of methoxy groups -OCH3 is 1. The van der Waals surface area contributed by atoms with Crippen LogP contribution in [0.5, 0.6) is 0 Å². The smallest absolute Gasteiger partial charge is 0.170 e. The van der Waals surface area contributed by atoms with E-state index in [0.717, 1.165) is 17.9 Å². The summed E-state index contributed by atoms with van der Waals surface area (Å²) in [5.41, 5.74) is 1.24. The third-order valence-electron chi connectivity index (χ3n) is 3.83. The van der Waals surface area contributed by atoms with E-state index in [9.17, 15) is 4.79 Å². The number of ether oxygens (including phenoxy) is 2. The molecule has 0 aliphatic carbocycles. The average molecular weight is 266 g/mol. The Hall–Kier alpha value is -1.20. The highest BCUT2D eigenvalue weighted by Gasteiger charge is 2.39. The van der Waals surface area contributed by atoms with Crippen molar-refractivity contribution in [2.45, 2.75) is 45.3 Å². The van der Waals surface area contributed by atoms with E-state index in [4.69, 9.17) is 9.47 Å². The molecule has 1 aromatic rings. The van der Waals surface area contributed by atoms with Gasteiger partial charge in [-0.2, -0.15) is 5.10 Å². The van der Waals surface area contributed by atoms with E-state index in [1.165, 1.54) is 0 Å². The molecule has 19 heavy (non-hydrogen) atoms. The molecule has 0 amide bonds. The Labute approximate surface area is 113 Å². The molecule has 1 fully saturated rings. The molecule has 1 aliphatic rings. The fourth-order valence-electron chi connectivity index (χ4n) is 2.64. The Morgan fingerprint density at radius 3 is 2.79 bits per heavy atom. The Bertz CT molecular complexity index is 448. The molecule has 5 nitrogen and oxygen atoms in total. The van der Waals surface area contributed by atoms with E-state index in [0.29, 0.717) is 32.5 Å². The summed E-state index contributed by atoms with van der Waals surface area (Å²) in [6, 6.07) is 1.98. The SMILES string of the molecule is CCn1nc(C)cc1CC(=O)C1(OC)CCOCC1. The number of carbonyl (C=O) groups excluding carboxylic acids is 1. The van der Waals surface area contributed by atoms with Crippen LogP contribution in [0.15, 0.2) is 6.07 Å². The van der Waals surface area contributed by atoms with Gasteiger partial charge in [0.15, 0.2) is 5.78 Å². The highest BCUT2D eigenvalue weighted by atomic mass is 16.5. The molecule has 0 bridgehead atoms. The molecule has 5 heteroatoms. The van der Waals surface area contributed by atoms with Crippen LogP contribution in [0.25, 0.3) is 0 Å². The van der Waals surface area contributed by atoms with E-state index in [-0.39, 0.29) is 5.78 Å². The number of aryl methyl sites for hydroxylation is 2. The number of nitrogens with zero attached hydrogens (tertiary/aromatic N) is 2. The van der Waals surface area contributed by atoms with Crippen molar-refractivity contribution in [3.8, 4) is 0 Å². The summed E-state index contributed by atoms with van der Waals surface area (Å²) in [7, 11) is 1.62. The van der Waals surface area contributed by atoms with Crippen molar-refractivity contribution in [2.24, 2.45) is 0 Å². The van der Waals surface area contributed by atoms with Crippen LogP contribution in [0.2, 0.25) is 0 Å². The molecule has 0 saturated carbocycles. The minimum atomic E-state index is -0.672. The molecule has 0 unspecified atom stereocenters. The maximum atomic E-state index is 12.6. The maximum absolute atomic E-state index is 12.6. The van der Waals surface area contributed by atoms with E-state index < -0.39 is 5.60 Å². The first kappa shape index (κ1) is 14.2. The lowest BCUT2D eigenvalue weighted by molar-refractivity contribution is -0.152. The van der Waals surface area contributed by atoms with Gasteiger partial charge in [-0.1, -0.05) is 0 Å². The molecule has 0 radical (unpaired) electrons. The number of aromatic nitrogens is 2. The van der Waals surface area contributed by atoms with Gasteiger partial charge in [0.05, 0.1) is 12.1 Å². The van der Waals surface area contributed by atoms with Gasteiger partial charge in [-0.25, -0.2) is 0 Å². The van der Waals surface area contributed by atoms with Crippen molar-refractivity contribution in [3.63, 3.8) is 0 Å². The summed E-state index contributed by atoms with van der Waals surface area (Å²) in [5.74, 6) is 0.132. The van der Waals surface area contributed by atoms with Crippen LogP contribution in [0.4, 0.5) is 0 Å². The molecule has 0 atom stereocenters. The quantitative estimate of drug-likeness (QED) is 0.811. The Morgan fingerprint density at radius 1 is 1.53 bits per heavy atom. The van der Waals surface area contributed by atoms with Crippen LogP contribution >= 0.6 is 0 Å². The maximum Gasteiger partial charge on any atom is 0.170 e. The van der Waals surface area contributed by atoms with Crippen molar-refractivity contribution >= 4 is 5.78 Å². The number of carbonyl (C=O) groups is 1. The summed E-state index contributed by atoms with van der Waals surface area (Å²) >= 11 is 0. The summed E-state index contributed by atoms with van der Waals surface area (Å²) in [5, 5.41) is 4.37. The van der Waals surface area contributed by atoms with Gasteiger partial charge in [-0.15, -0.1) is 0 Å². The Kier molecular flexibility index (Phi) is 4.37. The second-order valence-electron chi connectivity index (χ2n) is 5.00. The minimum Gasteiger partial charge on any atom is -0.381 e. The van der Waals surface area contributed by atoms with E-state index in [1.807, 2.05) is 24.6 Å². The monoisotopic (exact) mass is 266 g/mol. The number of hydrogen-bond acceptors (Lipinski definition) is 4. The summed E-state index contributed by atoms with van der Waals surface area (Å²) in [4.78, 5) is 12.6. The van der Waals surface area contributed by atoms with Crippen LogP contribution in [-0.4, -0.2) is 41.5 Å². The highest BCUT2D eigenvalue weighted by molar-refractivity contribution is 5.89. The van der Waals surface area contributed by atoms with Crippen LogP contribution < -0.4 is 0 Å². The predicted molar refractivity (Wildman–Crippen MR) is 71.1 cm³/mol. The molecule has 1 saturated heterocycles. The van der Waals surface area contributed by atoms with Gasteiger partial charge in [-0.05, 0) is 19.9 Å².